The third kappa shape index (κ3) is 5.96. The number of hydrogen-bond acceptors (Lipinski definition) is 4. The highest BCUT2D eigenvalue weighted by atomic mass is 35.5. The summed E-state index contributed by atoms with van der Waals surface area (Å²) in [6.45, 7) is 10.3. The van der Waals surface area contributed by atoms with Crippen molar-refractivity contribution in [1.29, 1.82) is 0 Å². The maximum Gasteiger partial charge on any atom is 0.253 e. The highest BCUT2D eigenvalue weighted by Crippen LogP contribution is 2.45. The van der Waals surface area contributed by atoms with Crippen LogP contribution in [0.4, 0.5) is 0 Å². The van der Waals surface area contributed by atoms with Gasteiger partial charge in [0.05, 0.1) is 5.60 Å². The molecule has 1 amide bonds. The number of benzene rings is 2. The first-order valence-electron chi connectivity index (χ1n) is 13.6. The fourth-order valence-electron chi connectivity index (χ4n) is 5.66. The van der Waals surface area contributed by atoms with Crippen LogP contribution < -0.4 is 5.32 Å². The standard InChI is InChI=1S/C32H39ClN3O2/c1-5-16-32(38,28-15-17-35-30(33)29(28)26-9-6-8-25(19-26)22(2)3)27-10-7-18-36(21-27)31(37)24-13-11-23(12-14-24)20-34-4/h6,8-9,11-15,17,19,22,27,34,38H,1,5,7,10,16,18,20-21H2,2-4H3. The van der Waals surface area contributed by atoms with E-state index in [4.69, 9.17) is 11.6 Å². The molecule has 1 aliphatic rings. The zero-order valence-corrected chi connectivity index (χ0v) is 23.5. The maximum absolute atomic E-state index is 13.5. The Balaban J connectivity index is 1.69. The Bertz CT molecular complexity index is 1240. The molecule has 0 saturated carbocycles. The van der Waals surface area contributed by atoms with E-state index < -0.39 is 5.60 Å². The van der Waals surface area contributed by atoms with Crippen molar-refractivity contribution in [2.45, 2.75) is 57.6 Å². The largest absolute Gasteiger partial charge is 0.385 e. The van der Waals surface area contributed by atoms with Crippen LogP contribution in [0.1, 0.15) is 72.5 Å². The molecule has 2 atom stereocenters. The number of hydrogen-bond donors (Lipinski definition) is 2. The Hall–Kier alpha value is -2.73. The second-order valence-corrected chi connectivity index (χ2v) is 11.0. The van der Waals surface area contributed by atoms with Crippen LogP contribution in [0.2, 0.25) is 5.15 Å². The molecule has 3 aromatic rings. The molecule has 201 valence electrons. The van der Waals surface area contributed by atoms with Crippen molar-refractivity contribution in [1.82, 2.24) is 15.2 Å². The van der Waals surface area contributed by atoms with Gasteiger partial charge in [-0.2, -0.15) is 0 Å². The molecule has 2 aromatic carbocycles. The van der Waals surface area contributed by atoms with Gasteiger partial charge in [0.15, 0.2) is 0 Å². The lowest BCUT2D eigenvalue weighted by Gasteiger charge is -2.43. The minimum absolute atomic E-state index is 0.000278. The summed E-state index contributed by atoms with van der Waals surface area (Å²) in [4.78, 5) is 19.7. The van der Waals surface area contributed by atoms with E-state index in [1.54, 1.807) is 6.20 Å². The van der Waals surface area contributed by atoms with Gasteiger partial charge in [-0.1, -0.05) is 75.2 Å². The van der Waals surface area contributed by atoms with Crippen LogP contribution >= 0.6 is 11.6 Å². The number of halogens is 1. The number of nitrogens with zero attached hydrogens (tertiary/aromatic N) is 2. The molecule has 5 nitrogen and oxygen atoms in total. The van der Waals surface area contributed by atoms with Crippen LogP contribution in [-0.4, -0.2) is 41.0 Å². The van der Waals surface area contributed by atoms with Crippen molar-refractivity contribution in [3.63, 3.8) is 0 Å². The summed E-state index contributed by atoms with van der Waals surface area (Å²) in [5.41, 5.74) is 4.27. The smallest absolute Gasteiger partial charge is 0.253 e. The summed E-state index contributed by atoms with van der Waals surface area (Å²) < 4.78 is 0. The number of amides is 1. The Morgan fingerprint density at radius 1 is 1.24 bits per heavy atom. The average molecular weight is 533 g/mol. The van der Waals surface area contributed by atoms with E-state index in [9.17, 15) is 9.90 Å². The van der Waals surface area contributed by atoms with Crippen LogP contribution in [0.15, 0.2) is 60.8 Å². The highest BCUT2D eigenvalue weighted by molar-refractivity contribution is 6.32. The summed E-state index contributed by atoms with van der Waals surface area (Å²) in [6, 6.07) is 17.9. The van der Waals surface area contributed by atoms with Gasteiger partial charge >= 0.3 is 0 Å². The van der Waals surface area contributed by atoms with E-state index in [0.29, 0.717) is 42.6 Å². The zero-order chi connectivity index (χ0) is 27.3. The van der Waals surface area contributed by atoms with Crippen LogP contribution in [-0.2, 0) is 12.1 Å². The Labute approximate surface area is 232 Å². The molecule has 1 aliphatic heterocycles. The van der Waals surface area contributed by atoms with E-state index in [0.717, 1.165) is 41.6 Å². The van der Waals surface area contributed by atoms with E-state index >= 15 is 0 Å². The molecule has 1 radical (unpaired) electrons. The van der Waals surface area contributed by atoms with Crippen molar-refractivity contribution in [3.05, 3.63) is 95.1 Å². The molecule has 0 aliphatic carbocycles. The van der Waals surface area contributed by atoms with Gasteiger partial charge in [-0.05, 0) is 72.7 Å². The van der Waals surface area contributed by atoms with Gasteiger partial charge in [0.2, 0.25) is 0 Å². The quantitative estimate of drug-likeness (QED) is 0.305. The van der Waals surface area contributed by atoms with Crippen LogP contribution in [0, 0.1) is 12.8 Å². The first-order valence-corrected chi connectivity index (χ1v) is 14.0. The van der Waals surface area contributed by atoms with Crippen LogP contribution in [0.25, 0.3) is 11.1 Å². The monoisotopic (exact) mass is 532 g/mol. The van der Waals surface area contributed by atoms with Gasteiger partial charge in [0, 0.05) is 42.9 Å². The van der Waals surface area contributed by atoms with Crippen molar-refractivity contribution < 1.29 is 9.90 Å². The lowest BCUT2D eigenvalue weighted by molar-refractivity contribution is -0.0546. The number of nitrogens with one attached hydrogen (secondary N) is 1. The molecule has 1 aromatic heterocycles. The van der Waals surface area contributed by atoms with E-state index in [1.165, 1.54) is 5.56 Å². The number of carbonyl (C=O) groups is 1. The molecular weight excluding hydrogens is 494 g/mol. The molecule has 0 spiro atoms. The number of likely N-dealkylation sites (tertiary alicyclic amines) is 1. The molecular formula is C32H39ClN3O2. The second-order valence-electron chi connectivity index (χ2n) is 10.6. The summed E-state index contributed by atoms with van der Waals surface area (Å²) in [5, 5.41) is 16.0. The lowest BCUT2D eigenvalue weighted by atomic mass is 9.72. The molecule has 1 saturated heterocycles. The van der Waals surface area contributed by atoms with Gasteiger partial charge in [-0.25, -0.2) is 4.98 Å². The highest BCUT2D eigenvalue weighted by Gasteiger charge is 2.43. The van der Waals surface area contributed by atoms with Crippen molar-refractivity contribution in [3.8, 4) is 11.1 Å². The maximum atomic E-state index is 13.5. The lowest BCUT2D eigenvalue weighted by Crippen LogP contribution is -2.48. The number of rotatable bonds is 9. The average Bonchev–Trinajstić information content (AvgIpc) is 2.93. The fourth-order valence-corrected chi connectivity index (χ4v) is 5.92. The summed E-state index contributed by atoms with van der Waals surface area (Å²) in [7, 11) is 1.91. The van der Waals surface area contributed by atoms with Gasteiger partial charge in [0.25, 0.3) is 5.91 Å². The minimum Gasteiger partial charge on any atom is -0.385 e. The van der Waals surface area contributed by atoms with E-state index in [1.807, 2.05) is 54.4 Å². The second kappa shape index (κ2) is 12.4. The molecule has 2 heterocycles. The van der Waals surface area contributed by atoms with Crippen molar-refractivity contribution in [2.24, 2.45) is 5.92 Å². The normalized spacial score (nSPS) is 17.4. The van der Waals surface area contributed by atoms with Crippen LogP contribution in [0.5, 0.6) is 0 Å². The Morgan fingerprint density at radius 2 is 2.00 bits per heavy atom. The number of carbonyl (C=O) groups excluding carboxylic acids is 1. The first-order chi connectivity index (χ1) is 18.3. The Kier molecular flexibility index (Phi) is 9.24. The van der Waals surface area contributed by atoms with Gasteiger partial charge in [0.1, 0.15) is 5.15 Å². The van der Waals surface area contributed by atoms with Crippen molar-refractivity contribution in [2.75, 3.05) is 20.1 Å². The molecule has 1 fully saturated rings. The SMILES string of the molecule is [CH2]CCC(O)(c1ccnc(Cl)c1-c1cccc(C(C)C)c1)C1CCCN(C(=O)c2ccc(CNC)cc2)C1. The first kappa shape index (κ1) is 28.3. The molecule has 2 unspecified atom stereocenters. The molecule has 6 heteroatoms. The number of piperidine rings is 1. The fraction of sp³-hybridized carbons (Fsp3) is 0.406. The van der Waals surface area contributed by atoms with Crippen LogP contribution in [0.3, 0.4) is 0 Å². The number of aromatic nitrogens is 1. The van der Waals surface area contributed by atoms with Crippen molar-refractivity contribution >= 4 is 17.5 Å². The third-order valence-electron chi connectivity index (χ3n) is 7.74. The summed E-state index contributed by atoms with van der Waals surface area (Å²) in [6.07, 6.45) is 4.33. The zero-order valence-electron chi connectivity index (χ0n) is 22.7. The third-order valence-corrected chi connectivity index (χ3v) is 8.02. The van der Waals surface area contributed by atoms with E-state index in [2.05, 4.69) is 43.2 Å². The predicted molar refractivity (Wildman–Crippen MR) is 155 cm³/mol. The van der Waals surface area contributed by atoms with Gasteiger partial charge in [-0.15, -0.1) is 0 Å². The van der Waals surface area contributed by atoms with Gasteiger partial charge < -0.3 is 15.3 Å². The van der Waals surface area contributed by atoms with Gasteiger partial charge in [-0.3, -0.25) is 4.79 Å². The minimum atomic E-state index is -1.20. The van der Waals surface area contributed by atoms with E-state index in [-0.39, 0.29) is 11.8 Å². The molecule has 38 heavy (non-hydrogen) atoms. The topological polar surface area (TPSA) is 65.5 Å². The molecule has 2 N–H and O–H groups in total. The summed E-state index contributed by atoms with van der Waals surface area (Å²) in [5.74, 6) is 0.203. The molecule has 0 bridgehead atoms. The number of aliphatic hydroxyl groups is 1. The Morgan fingerprint density at radius 3 is 2.68 bits per heavy atom. The predicted octanol–water partition coefficient (Wildman–Crippen LogP) is 6.60. The summed E-state index contributed by atoms with van der Waals surface area (Å²) >= 11 is 6.73. The molecule has 4 rings (SSSR count). The number of pyridine rings is 1.